The second kappa shape index (κ2) is 28.0. The lowest BCUT2D eigenvalue weighted by Gasteiger charge is -2.32. The van der Waals surface area contributed by atoms with Crippen molar-refractivity contribution < 1.29 is 9.31 Å². The Hall–Kier alpha value is -12.9. The van der Waals surface area contributed by atoms with Crippen molar-refractivity contribution in [3.63, 3.8) is 0 Å². The highest BCUT2D eigenvalue weighted by Gasteiger charge is 2.52. The molecule has 0 unspecified atom stereocenters. The number of hydrogen-bond donors (Lipinski definition) is 0. The summed E-state index contributed by atoms with van der Waals surface area (Å²) in [6.07, 6.45) is 0. The minimum atomic E-state index is -0.438. The Morgan fingerprint density at radius 2 is 0.564 bits per heavy atom. The van der Waals surface area contributed by atoms with Crippen LogP contribution in [0.3, 0.4) is 0 Å². The maximum absolute atomic E-state index is 6.40. The quantitative estimate of drug-likeness (QED) is 0.120. The number of fused-ring (bicyclic) bond motifs is 12. The Morgan fingerprint density at radius 1 is 0.282 bits per heavy atom. The van der Waals surface area contributed by atoms with Crippen LogP contribution in [0.4, 0.5) is 0 Å². The largest absolute Gasteiger partial charge is 0.494 e. The van der Waals surface area contributed by atoms with Gasteiger partial charge in [0, 0.05) is 80.7 Å². The normalized spacial score (nSPS) is 13.2. The maximum atomic E-state index is 6.40. The zero-order chi connectivity index (χ0) is 74.0. The summed E-state index contributed by atoms with van der Waals surface area (Å²) in [4.78, 5) is 48.7. The zero-order valence-electron chi connectivity index (χ0n) is 60.0. The number of para-hydroxylation sites is 4. The number of thiophene rings is 2. The molecule has 9 heterocycles. The maximum Gasteiger partial charge on any atom is 0.494 e. The highest BCUT2D eigenvalue weighted by Crippen LogP contribution is 2.45. The zero-order valence-corrected chi connectivity index (χ0v) is 62.4. The van der Waals surface area contributed by atoms with Gasteiger partial charge in [-0.15, -0.1) is 22.7 Å². The number of aromatic nitrogens is 12. The molecule has 0 bridgehead atoms. The third kappa shape index (κ3) is 12.5. The van der Waals surface area contributed by atoms with Gasteiger partial charge < -0.3 is 9.31 Å². The molecule has 1 aliphatic heterocycles. The molecule has 12 aromatic carbocycles. The van der Waals surface area contributed by atoms with Gasteiger partial charge in [0.25, 0.3) is 0 Å². The van der Waals surface area contributed by atoms with Crippen LogP contribution in [0.5, 0.6) is 0 Å². The molecular weight excluding hydrogens is 1420 g/mol. The summed E-state index contributed by atoms with van der Waals surface area (Å²) >= 11 is 9.43. The Kier molecular flexibility index (Phi) is 17.3. The molecule has 526 valence electrons. The van der Waals surface area contributed by atoms with Crippen molar-refractivity contribution in [2.45, 2.75) is 38.9 Å². The van der Waals surface area contributed by atoms with E-state index >= 15 is 0 Å². The number of benzene rings is 12. The van der Waals surface area contributed by atoms with E-state index in [2.05, 4.69) is 210 Å². The van der Waals surface area contributed by atoms with Gasteiger partial charge in [0.1, 0.15) is 0 Å². The third-order valence-electron chi connectivity index (χ3n) is 20.4. The lowest BCUT2D eigenvalue weighted by molar-refractivity contribution is 0.00578. The summed E-state index contributed by atoms with van der Waals surface area (Å²) in [5.74, 6) is 6.18. The highest BCUT2D eigenvalue weighted by molar-refractivity contribution is 7.26. The molecule has 18 heteroatoms. The third-order valence-corrected chi connectivity index (χ3v) is 22.9. The van der Waals surface area contributed by atoms with Crippen LogP contribution in [0.1, 0.15) is 27.7 Å². The molecule has 0 saturated carbocycles. The summed E-state index contributed by atoms with van der Waals surface area (Å²) in [6.45, 7) is 8.34. The van der Waals surface area contributed by atoms with Gasteiger partial charge in [-0.2, -0.15) is 9.97 Å². The first-order valence-corrected chi connectivity index (χ1v) is 38.2. The fourth-order valence-corrected chi connectivity index (χ4v) is 16.7. The fraction of sp³-hybridized carbons (Fsp3) is 0.0652. The molecule has 1 saturated heterocycles. The second-order valence-electron chi connectivity index (χ2n) is 27.8. The lowest BCUT2D eigenvalue weighted by atomic mass is 9.79. The predicted molar refractivity (Wildman–Crippen MR) is 451 cm³/mol. The molecule has 0 spiro atoms. The summed E-state index contributed by atoms with van der Waals surface area (Å²) in [5.41, 5.74) is 13.1. The van der Waals surface area contributed by atoms with Gasteiger partial charge in [-0.25, -0.2) is 39.9 Å². The molecule has 8 aromatic heterocycles. The van der Waals surface area contributed by atoms with Gasteiger partial charge in [-0.1, -0.05) is 267 Å². The van der Waals surface area contributed by atoms with Gasteiger partial charge in [-0.05, 0) is 93.3 Å². The standard InChI is InChI=1S/C43H26N6S.C34H28BN3O2S.C15H10ClN3/c1-4-14-27(15-5-1)39-44-37-33-26-30(42-46-40(28-16-6-2-7-17-28)45-41(47-42)29-18-8-3-9-19-29)24-25-36(33)50-38(37)43(48-39)49-34-22-12-10-20-31(34)32-21-11-13-23-35(32)49;1-33(2)34(3,4)40-35(39-33)22-18-19-28-25(20-22)29-30(41-28)32(37-31(36-29)21-12-6-5-7-13-21)38-26-16-10-8-14-23(26)24-15-9-11-17-27(24)38;16-15-18-13(11-7-3-1-4-8-11)17-14(19-15)12-9-5-2-6-10-12/h1-26H;5-20H,1-4H3;1-10H. The molecule has 1 fully saturated rings. The minimum Gasteiger partial charge on any atom is -0.399 e. The van der Waals surface area contributed by atoms with Gasteiger partial charge in [0.05, 0.1) is 53.7 Å². The number of rotatable bonds is 10. The van der Waals surface area contributed by atoms with Gasteiger partial charge in [0.15, 0.2) is 52.4 Å². The molecule has 0 amide bonds. The van der Waals surface area contributed by atoms with Crippen molar-refractivity contribution in [3.8, 4) is 91.4 Å². The van der Waals surface area contributed by atoms with Crippen LogP contribution < -0.4 is 5.46 Å². The summed E-state index contributed by atoms with van der Waals surface area (Å²) < 4.78 is 21.7. The van der Waals surface area contributed by atoms with Gasteiger partial charge in [0.2, 0.25) is 5.28 Å². The fourth-order valence-electron chi connectivity index (χ4n) is 14.3. The van der Waals surface area contributed by atoms with E-state index in [1.807, 2.05) is 158 Å². The Bertz CT molecular complexity index is 6650. The van der Waals surface area contributed by atoms with E-state index < -0.39 is 18.3 Å². The Labute approximate surface area is 645 Å². The van der Waals surface area contributed by atoms with Crippen molar-refractivity contribution in [2.24, 2.45) is 0 Å². The van der Waals surface area contributed by atoms with Crippen LogP contribution in [0.25, 0.3) is 176 Å². The van der Waals surface area contributed by atoms with Gasteiger partial charge >= 0.3 is 7.12 Å². The van der Waals surface area contributed by atoms with E-state index in [-0.39, 0.29) is 5.28 Å². The van der Waals surface area contributed by atoms with Crippen LogP contribution in [0.15, 0.2) is 315 Å². The molecule has 20 aromatic rings. The smallest absolute Gasteiger partial charge is 0.399 e. The van der Waals surface area contributed by atoms with Crippen molar-refractivity contribution >= 4 is 131 Å². The molecule has 110 heavy (non-hydrogen) atoms. The average molecular weight is 1480 g/mol. The number of halogens is 1. The van der Waals surface area contributed by atoms with Gasteiger partial charge in [-0.3, -0.25) is 9.13 Å². The topological polar surface area (TPSA) is 157 Å². The van der Waals surface area contributed by atoms with E-state index in [1.165, 1.54) is 21.5 Å². The molecule has 21 rings (SSSR count). The molecule has 0 atom stereocenters. The predicted octanol–water partition coefficient (Wildman–Crippen LogP) is 22.6. The van der Waals surface area contributed by atoms with Crippen LogP contribution in [-0.2, 0) is 9.31 Å². The second-order valence-corrected chi connectivity index (χ2v) is 30.3. The molecule has 0 radical (unpaired) electrons. The molecule has 14 nitrogen and oxygen atoms in total. The van der Waals surface area contributed by atoms with Crippen LogP contribution in [0.2, 0.25) is 5.28 Å². The van der Waals surface area contributed by atoms with Crippen molar-refractivity contribution in [1.82, 2.24) is 59.0 Å². The van der Waals surface area contributed by atoms with E-state index in [0.29, 0.717) is 40.8 Å². The van der Waals surface area contributed by atoms with E-state index in [1.54, 1.807) is 22.7 Å². The van der Waals surface area contributed by atoms with Crippen molar-refractivity contribution in [1.29, 1.82) is 0 Å². The van der Waals surface area contributed by atoms with E-state index in [4.69, 9.17) is 55.8 Å². The highest BCUT2D eigenvalue weighted by atomic mass is 35.5. The van der Waals surface area contributed by atoms with Crippen molar-refractivity contribution in [2.75, 3.05) is 0 Å². The van der Waals surface area contributed by atoms with Crippen molar-refractivity contribution in [3.05, 3.63) is 321 Å². The van der Waals surface area contributed by atoms with E-state index in [9.17, 15) is 0 Å². The lowest BCUT2D eigenvalue weighted by Crippen LogP contribution is -2.41. The minimum absolute atomic E-state index is 0.202. The number of nitrogens with zero attached hydrogens (tertiary/aromatic N) is 12. The first kappa shape index (κ1) is 67.7. The van der Waals surface area contributed by atoms with Crippen LogP contribution in [-0.4, -0.2) is 77.3 Å². The first-order valence-electron chi connectivity index (χ1n) is 36.2. The van der Waals surface area contributed by atoms with Crippen LogP contribution in [0, 0.1) is 0 Å². The summed E-state index contributed by atoms with van der Waals surface area (Å²) in [6, 6.07) is 107. The van der Waals surface area contributed by atoms with Crippen LogP contribution >= 0.6 is 34.3 Å². The SMILES string of the molecule is CC1(C)OB(c2ccc3sc4c(-n5c6ccccc6c6ccccc65)nc(-c5ccccc5)nc4c3c2)OC1(C)C.Clc1nc(-c2ccccc2)nc(-c2ccccc2)n1.c1ccc(-c2nc(-c3ccccc3)nc(-c3ccc4sc5c(-n6c7ccccc7c7ccccc76)nc(-c6ccccc6)nc5c4c3)n2)cc1. The average Bonchev–Trinajstić information content (AvgIpc) is 1.57. The molecule has 0 N–H and O–H groups in total. The molecular formula is C92H64BClN12O2S2. The van der Waals surface area contributed by atoms with E-state index in [0.717, 1.165) is 119 Å². The molecule has 0 aliphatic carbocycles. The Morgan fingerprint density at radius 3 is 0.909 bits per heavy atom. The monoisotopic (exact) mass is 1480 g/mol. The molecule has 1 aliphatic rings. The first-order chi connectivity index (χ1) is 53.9. The summed E-state index contributed by atoms with van der Waals surface area (Å²) in [5, 5.41) is 7.12. The Balaban J connectivity index is 0.000000122. The number of hydrogen-bond acceptors (Lipinski definition) is 14. The summed E-state index contributed by atoms with van der Waals surface area (Å²) in [7, 11) is -0.438.